The van der Waals surface area contributed by atoms with Crippen LogP contribution in [0, 0.1) is 0 Å². The Bertz CT molecular complexity index is 716. The lowest BCUT2D eigenvalue weighted by Gasteiger charge is -2.20. The van der Waals surface area contributed by atoms with Crippen molar-refractivity contribution in [2.24, 2.45) is 0 Å². The Labute approximate surface area is 120 Å². The van der Waals surface area contributed by atoms with Crippen LogP contribution >= 0.6 is 0 Å². The molecule has 0 radical (unpaired) electrons. The van der Waals surface area contributed by atoms with Gasteiger partial charge in [-0.3, -0.25) is 14.6 Å². The quantitative estimate of drug-likeness (QED) is 0.719. The summed E-state index contributed by atoms with van der Waals surface area (Å²) in [5, 5.41) is 5.31. The normalized spacial score (nSPS) is 12.9. The molecule has 21 heavy (non-hydrogen) atoms. The van der Waals surface area contributed by atoms with Crippen LogP contribution in [0.3, 0.4) is 0 Å². The second-order valence-corrected chi connectivity index (χ2v) is 4.44. The number of benzene rings is 1. The predicted octanol–water partition coefficient (Wildman–Crippen LogP) is 1.25. The van der Waals surface area contributed by atoms with Gasteiger partial charge in [-0.05, 0) is 18.2 Å². The summed E-state index contributed by atoms with van der Waals surface area (Å²) in [6.45, 7) is -0.0495. The zero-order valence-electron chi connectivity index (χ0n) is 10.9. The molecule has 0 atom stereocenters. The molecular formula is C14H12N4O3. The van der Waals surface area contributed by atoms with Crippen LogP contribution in [0.15, 0.2) is 36.5 Å². The molecule has 0 fully saturated rings. The van der Waals surface area contributed by atoms with E-state index in [4.69, 9.17) is 10.5 Å². The van der Waals surface area contributed by atoms with Crippen molar-refractivity contribution in [2.45, 2.75) is 0 Å². The zero-order valence-corrected chi connectivity index (χ0v) is 10.9. The number of hydrogen-bond acceptors (Lipinski definition) is 5. The molecule has 1 aromatic heterocycles. The van der Waals surface area contributed by atoms with Crippen molar-refractivity contribution in [2.75, 3.05) is 23.0 Å². The van der Waals surface area contributed by atoms with Crippen LogP contribution < -0.4 is 21.1 Å². The van der Waals surface area contributed by atoms with E-state index < -0.39 is 0 Å². The van der Waals surface area contributed by atoms with E-state index in [0.29, 0.717) is 22.8 Å². The molecule has 0 bridgehead atoms. The Morgan fingerprint density at radius 3 is 3.00 bits per heavy atom. The lowest BCUT2D eigenvalue weighted by Crippen LogP contribution is -2.25. The average molecular weight is 284 g/mol. The van der Waals surface area contributed by atoms with Gasteiger partial charge in [0.2, 0.25) is 0 Å². The Hall–Kier alpha value is -3.09. The van der Waals surface area contributed by atoms with Crippen LogP contribution in [0.1, 0.15) is 10.5 Å². The van der Waals surface area contributed by atoms with Gasteiger partial charge >= 0.3 is 0 Å². The summed E-state index contributed by atoms with van der Waals surface area (Å²) in [4.78, 5) is 27.3. The minimum absolute atomic E-state index is 0.0495. The van der Waals surface area contributed by atoms with Crippen molar-refractivity contribution in [3.63, 3.8) is 0 Å². The minimum Gasteiger partial charge on any atom is -0.482 e. The monoisotopic (exact) mass is 284 g/mol. The predicted molar refractivity (Wildman–Crippen MR) is 77.2 cm³/mol. The first kappa shape index (κ1) is 12.9. The number of nitrogens with two attached hydrogens (primary N) is 1. The largest absolute Gasteiger partial charge is 0.482 e. The van der Waals surface area contributed by atoms with Crippen molar-refractivity contribution in [3.8, 4) is 5.75 Å². The first-order valence-corrected chi connectivity index (χ1v) is 6.22. The van der Waals surface area contributed by atoms with E-state index >= 15 is 0 Å². The summed E-state index contributed by atoms with van der Waals surface area (Å²) in [7, 11) is 0. The highest BCUT2D eigenvalue weighted by molar-refractivity contribution is 6.06. The highest BCUT2D eigenvalue weighted by Gasteiger charge is 2.19. The van der Waals surface area contributed by atoms with E-state index in [2.05, 4.69) is 15.6 Å². The van der Waals surface area contributed by atoms with Gasteiger partial charge in [0, 0.05) is 12.3 Å². The molecule has 1 aliphatic rings. The lowest BCUT2D eigenvalue weighted by molar-refractivity contribution is -0.118. The summed E-state index contributed by atoms with van der Waals surface area (Å²) >= 11 is 0. The Morgan fingerprint density at radius 2 is 2.24 bits per heavy atom. The molecule has 2 amide bonds. The molecule has 1 aliphatic heterocycles. The third kappa shape index (κ3) is 2.62. The van der Waals surface area contributed by atoms with E-state index in [1.807, 2.05) is 0 Å². The van der Waals surface area contributed by atoms with E-state index in [0.717, 1.165) is 0 Å². The third-order valence-electron chi connectivity index (χ3n) is 2.93. The van der Waals surface area contributed by atoms with Crippen LogP contribution in [-0.2, 0) is 4.79 Å². The van der Waals surface area contributed by atoms with Crippen molar-refractivity contribution >= 4 is 28.9 Å². The maximum absolute atomic E-state index is 12.1. The maximum atomic E-state index is 12.1. The van der Waals surface area contributed by atoms with Crippen molar-refractivity contribution in [1.82, 2.24) is 4.98 Å². The molecule has 0 spiro atoms. The SMILES string of the molecule is Nc1cc2c(cc1NC(=O)c1ccccn1)NC(=O)CO2. The fourth-order valence-corrected chi connectivity index (χ4v) is 1.93. The minimum atomic E-state index is -0.384. The fraction of sp³-hybridized carbons (Fsp3) is 0.0714. The summed E-state index contributed by atoms with van der Waals surface area (Å²) in [5.74, 6) is -0.164. The Morgan fingerprint density at radius 1 is 1.38 bits per heavy atom. The number of carbonyl (C=O) groups excluding carboxylic acids is 2. The van der Waals surface area contributed by atoms with Gasteiger partial charge in [-0.15, -0.1) is 0 Å². The Kier molecular flexibility index (Phi) is 3.15. The standard InChI is InChI=1S/C14H12N4O3/c15-8-5-12-11(17-13(19)7-21-12)6-10(8)18-14(20)9-3-1-2-4-16-9/h1-6H,7,15H2,(H,17,19)(H,18,20). The Balaban J connectivity index is 1.87. The molecule has 1 aromatic carbocycles. The fourth-order valence-electron chi connectivity index (χ4n) is 1.93. The summed E-state index contributed by atoms with van der Waals surface area (Å²) in [5.41, 5.74) is 7.35. The van der Waals surface area contributed by atoms with Crippen molar-refractivity contribution in [1.29, 1.82) is 0 Å². The molecule has 0 aliphatic carbocycles. The number of amides is 2. The third-order valence-corrected chi connectivity index (χ3v) is 2.93. The lowest BCUT2D eigenvalue weighted by atomic mass is 10.2. The summed E-state index contributed by atoms with van der Waals surface area (Å²) < 4.78 is 5.24. The molecule has 7 nitrogen and oxygen atoms in total. The number of nitrogen functional groups attached to an aromatic ring is 1. The number of anilines is 3. The van der Waals surface area contributed by atoms with Crippen LogP contribution in [0.5, 0.6) is 5.75 Å². The highest BCUT2D eigenvalue weighted by atomic mass is 16.5. The van der Waals surface area contributed by atoms with Crippen LogP contribution in [0.4, 0.5) is 17.1 Å². The van der Waals surface area contributed by atoms with Crippen LogP contribution in [0.2, 0.25) is 0 Å². The topological polar surface area (TPSA) is 106 Å². The van der Waals surface area contributed by atoms with Crippen molar-refractivity contribution < 1.29 is 14.3 Å². The van der Waals surface area contributed by atoms with E-state index in [1.54, 1.807) is 30.3 Å². The molecule has 2 heterocycles. The molecular weight excluding hydrogens is 272 g/mol. The molecule has 106 valence electrons. The number of aromatic nitrogens is 1. The number of rotatable bonds is 2. The first-order valence-electron chi connectivity index (χ1n) is 6.22. The van der Waals surface area contributed by atoms with Gasteiger partial charge in [0.1, 0.15) is 11.4 Å². The maximum Gasteiger partial charge on any atom is 0.274 e. The number of carbonyl (C=O) groups is 2. The highest BCUT2D eigenvalue weighted by Crippen LogP contribution is 2.35. The molecule has 0 unspecified atom stereocenters. The van der Waals surface area contributed by atoms with Gasteiger partial charge in [0.25, 0.3) is 11.8 Å². The molecule has 0 saturated heterocycles. The number of ether oxygens (including phenoxy) is 1. The van der Waals surface area contributed by atoms with Gasteiger partial charge < -0.3 is 21.1 Å². The van der Waals surface area contributed by atoms with Crippen molar-refractivity contribution in [3.05, 3.63) is 42.2 Å². The summed E-state index contributed by atoms with van der Waals surface area (Å²) in [6, 6.07) is 8.14. The van der Waals surface area contributed by atoms with Crippen LogP contribution in [-0.4, -0.2) is 23.4 Å². The van der Waals surface area contributed by atoms with E-state index in [1.165, 1.54) is 6.20 Å². The van der Waals surface area contributed by atoms with Crippen LogP contribution in [0.25, 0.3) is 0 Å². The molecule has 7 heteroatoms. The second-order valence-electron chi connectivity index (χ2n) is 4.44. The number of hydrogen-bond donors (Lipinski definition) is 3. The van der Waals surface area contributed by atoms with Gasteiger partial charge in [-0.25, -0.2) is 0 Å². The number of nitrogens with zero attached hydrogens (tertiary/aromatic N) is 1. The zero-order chi connectivity index (χ0) is 14.8. The first-order chi connectivity index (χ1) is 10.1. The van der Waals surface area contributed by atoms with Gasteiger partial charge in [-0.2, -0.15) is 0 Å². The molecule has 4 N–H and O–H groups in total. The van der Waals surface area contributed by atoms with E-state index in [9.17, 15) is 9.59 Å². The second kappa shape index (κ2) is 5.12. The average Bonchev–Trinajstić information content (AvgIpc) is 2.49. The van der Waals surface area contributed by atoms with Gasteiger partial charge in [-0.1, -0.05) is 6.07 Å². The number of fused-ring (bicyclic) bond motifs is 1. The van der Waals surface area contributed by atoms with E-state index in [-0.39, 0.29) is 24.1 Å². The number of pyridine rings is 1. The molecule has 3 rings (SSSR count). The number of nitrogens with one attached hydrogen (secondary N) is 2. The smallest absolute Gasteiger partial charge is 0.274 e. The molecule has 2 aromatic rings. The van der Waals surface area contributed by atoms with Gasteiger partial charge in [0.05, 0.1) is 17.1 Å². The summed E-state index contributed by atoms with van der Waals surface area (Å²) in [6.07, 6.45) is 1.53. The van der Waals surface area contributed by atoms with Gasteiger partial charge in [0.15, 0.2) is 6.61 Å². The molecule has 0 saturated carbocycles.